The maximum Gasteiger partial charge on any atom is 0.311 e. The molecule has 23 heavy (non-hydrogen) atoms. The van der Waals surface area contributed by atoms with Crippen molar-refractivity contribution in [2.24, 2.45) is 0 Å². The van der Waals surface area contributed by atoms with Crippen molar-refractivity contribution in [3.8, 4) is 5.75 Å². The molecule has 1 atom stereocenters. The van der Waals surface area contributed by atoms with Gasteiger partial charge in [0, 0.05) is 23.1 Å². The molecule has 3 rings (SSSR count). The summed E-state index contributed by atoms with van der Waals surface area (Å²) in [6, 6.07) is 8.41. The van der Waals surface area contributed by atoms with Crippen LogP contribution in [0.4, 0.5) is 5.69 Å². The highest BCUT2D eigenvalue weighted by molar-refractivity contribution is 7.10. The van der Waals surface area contributed by atoms with Crippen molar-refractivity contribution in [1.29, 1.82) is 0 Å². The van der Waals surface area contributed by atoms with Gasteiger partial charge in [-0.3, -0.25) is 14.9 Å². The van der Waals surface area contributed by atoms with Gasteiger partial charge in [-0.1, -0.05) is 6.07 Å². The van der Waals surface area contributed by atoms with Crippen LogP contribution in [0.5, 0.6) is 5.75 Å². The molecular weight excluding hydrogens is 316 g/mol. The van der Waals surface area contributed by atoms with Crippen LogP contribution in [0.3, 0.4) is 0 Å². The lowest BCUT2D eigenvalue weighted by Crippen LogP contribution is -2.30. The number of amides is 1. The Morgan fingerprint density at radius 1 is 1.43 bits per heavy atom. The van der Waals surface area contributed by atoms with Crippen molar-refractivity contribution < 1.29 is 14.5 Å². The quantitative estimate of drug-likeness (QED) is 0.633. The number of methoxy groups -OCH3 is 1. The number of hydrogen-bond acceptors (Lipinski definition) is 5. The standard InChI is InChI=1S/C16H16N2O4S/c1-22-14-7-6-11(10-13(14)18(20)21)16(19)17-8-2-4-12(17)15-5-3-9-23-15/h3,5-7,9-10,12H,2,4,8H2,1H3. The summed E-state index contributed by atoms with van der Waals surface area (Å²) in [7, 11) is 1.37. The average Bonchev–Trinajstić information content (AvgIpc) is 3.23. The topological polar surface area (TPSA) is 72.7 Å². The first-order valence-electron chi connectivity index (χ1n) is 7.28. The summed E-state index contributed by atoms with van der Waals surface area (Å²) in [5.41, 5.74) is 0.131. The van der Waals surface area contributed by atoms with Gasteiger partial charge in [-0.05, 0) is 36.4 Å². The lowest BCUT2D eigenvalue weighted by atomic mass is 10.1. The second-order valence-corrected chi connectivity index (χ2v) is 6.30. The van der Waals surface area contributed by atoms with E-state index in [-0.39, 0.29) is 23.4 Å². The zero-order valence-electron chi connectivity index (χ0n) is 12.6. The van der Waals surface area contributed by atoms with E-state index in [0.29, 0.717) is 12.1 Å². The molecule has 1 aliphatic rings. The number of hydrogen-bond donors (Lipinski definition) is 0. The fourth-order valence-electron chi connectivity index (χ4n) is 2.92. The van der Waals surface area contributed by atoms with E-state index in [2.05, 4.69) is 0 Å². The molecule has 0 radical (unpaired) electrons. The van der Waals surface area contributed by atoms with Crippen LogP contribution in [0.15, 0.2) is 35.7 Å². The van der Waals surface area contributed by atoms with E-state index < -0.39 is 4.92 Å². The van der Waals surface area contributed by atoms with E-state index in [1.807, 2.05) is 17.5 Å². The second-order valence-electron chi connectivity index (χ2n) is 5.32. The van der Waals surface area contributed by atoms with Gasteiger partial charge < -0.3 is 9.64 Å². The van der Waals surface area contributed by atoms with E-state index in [1.54, 1.807) is 22.3 Å². The second kappa shape index (κ2) is 6.37. The van der Waals surface area contributed by atoms with Gasteiger partial charge >= 0.3 is 5.69 Å². The molecule has 1 aromatic heterocycles. The lowest BCUT2D eigenvalue weighted by Gasteiger charge is -2.24. The number of carbonyl (C=O) groups excluding carboxylic acids is 1. The van der Waals surface area contributed by atoms with E-state index >= 15 is 0 Å². The molecule has 120 valence electrons. The molecular formula is C16H16N2O4S. The Morgan fingerprint density at radius 3 is 2.91 bits per heavy atom. The van der Waals surface area contributed by atoms with Crippen LogP contribution < -0.4 is 4.74 Å². The van der Waals surface area contributed by atoms with Crippen LogP contribution in [0, 0.1) is 10.1 Å². The minimum Gasteiger partial charge on any atom is -0.490 e. The number of carbonyl (C=O) groups is 1. The van der Waals surface area contributed by atoms with Crippen LogP contribution in [0.25, 0.3) is 0 Å². The third kappa shape index (κ3) is 2.92. The molecule has 6 nitrogen and oxygen atoms in total. The summed E-state index contributed by atoms with van der Waals surface area (Å²) in [6.07, 6.45) is 1.86. The minimum absolute atomic E-state index is 0.0589. The summed E-state index contributed by atoms with van der Waals surface area (Å²) >= 11 is 1.63. The number of thiophene rings is 1. The highest BCUT2D eigenvalue weighted by atomic mass is 32.1. The van der Waals surface area contributed by atoms with Gasteiger partial charge in [-0.2, -0.15) is 0 Å². The Labute approximate surface area is 137 Å². The van der Waals surface area contributed by atoms with Crippen LogP contribution in [-0.2, 0) is 0 Å². The lowest BCUT2D eigenvalue weighted by molar-refractivity contribution is -0.385. The maximum absolute atomic E-state index is 12.8. The molecule has 0 bridgehead atoms. The number of rotatable bonds is 4. The maximum atomic E-state index is 12.8. The van der Waals surface area contributed by atoms with E-state index in [9.17, 15) is 14.9 Å². The summed E-state index contributed by atoms with van der Waals surface area (Å²) in [6.45, 7) is 0.668. The van der Waals surface area contributed by atoms with Crippen molar-refractivity contribution >= 4 is 22.9 Å². The summed E-state index contributed by atoms with van der Waals surface area (Å²) < 4.78 is 4.98. The first kappa shape index (κ1) is 15.5. The molecule has 0 saturated carbocycles. The smallest absolute Gasteiger partial charge is 0.311 e. The molecule has 1 aliphatic heterocycles. The Balaban J connectivity index is 1.91. The average molecular weight is 332 g/mol. The molecule has 0 spiro atoms. The minimum atomic E-state index is -0.531. The third-order valence-electron chi connectivity index (χ3n) is 4.01. The Kier molecular flexibility index (Phi) is 4.29. The molecule has 2 aromatic rings. The van der Waals surface area contributed by atoms with Crippen molar-refractivity contribution in [2.75, 3.05) is 13.7 Å². The molecule has 0 aliphatic carbocycles. The Hall–Kier alpha value is -2.41. The predicted octanol–water partition coefficient (Wildman–Crippen LogP) is 3.64. The van der Waals surface area contributed by atoms with Gasteiger partial charge in [0.1, 0.15) is 0 Å². The van der Waals surface area contributed by atoms with Crippen LogP contribution in [0.2, 0.25) is 0 Å². The summed E-state index contributed by atoms with van der Waals surface area (Å²) in [4.78, 5) is 26.3. The van der Waals surface area contributed by atoms with Gasteiger partial charge in [-0.25, -0.2) is 0 Å². The summed E-state index contributed by atoms with van der Waals surface area (Å²) in [5.74, 6) is -0.0190. The highest BCUT2D eigenvalue weighted by Gasteiger charge is 2.32. The van der Waals surface area contributed by atoms with Crippen LogP contribution in [-0.4, -0.2) is 29.4 Å². The van der Waals surface area contributed by atoms with Gasteiger partial charge in [0.2, 0.25) is 0 Å². The molecule has 1 aromatic carbocycles. The van der Waals surface area contributed by atoms with Gasteiger partial charge in [0.05, 0.1) is 18.1 Å². The molecule has 1 amide bonds. The fourth-order valence-corrected chi connectivity index (χ4v) is 3.79. The zero-order valence-corrected chi connectivity index (χ0v) is 13.4. The number of ether oxygens (including phenoxy) is 1. The SMILES string of the molecule is COc1ccc(C(=O)N2CCCC2c2cccs2)cc1[N+](=O)[O-]. The van der Waals surface area contributed by atoms with Gasteiger partial charge in [0.15, 0.2) is 5.75 Å². The Morgan fingerprint density at radius 2 is 2.26 bits per heavy atom. The first-order chi connectivity index (χ1) is 11.1. The van der Waals surface area contributed by atoms with Crippen molar-refractivity contribution in [1.82, 2.24) is 4.90 Å². The zero-order chi connectivity index (χ0) is 16.4. The van der Waals surface area contributed by atoms with Crippen LogP contribution >= 0.6 is 11.3 Å². The first-order valence-corrected chi connectivity index (χ1v) is 8.16. The molecule has 1 saturated heterocycles. The number of benzene rings is 1. The van der Waals surface area contributed by atoms with Crippen molar-refractivity contribution in [2.45, 2.75) is 18.9 Å². The number of nitrogens with zero attached hydrogens (tertiary/aromatic N) is 2. The molecule has 2 heterocycles. The van der Waals surface area contributed by atoms with E-state index in [4.69, 9.17) is 4.74 Å². The number of nitro groups is 1. The van der Waals surface area contributed by atoms with Gasteiger partial charge in [0.25, 0.3) is 5.91 Å². The largest absolute Gasteiger partial charge is 0.490 e. The summed E-state index contributed by atoms with van der Waals surface area (Å²) in [5, 5.41) is 13.1. The molecule has 7 heteroatoms. The highest BCUT2D eigenvalue weighted by Crippen LogP contribution is 2.36. The van der Waals surface area contributed by atoms with Crippen molar-refractivity contribution in [3.05, 3.63) is 56.3 Å². The van der Waals surface area contributed by atoms with E-state index in [0.717, 1.165) is 17.7 Å². The van der Waals surface area contributed by atoms with E-state index in [1.165, 1.54) is 19.2 Å². The number of nitro benzene ring substituents is 1. The normalized spacial score (nSPS) is 17.3. The fraction of sp³-hybridized carbons (Fsp3) is 0.312. The predicted molar refractivity (Wildman–Crippen MR) is 87.0 cm³/mol. The molecule has 1 unspecified atom stereocenters. The molecule has 1 fully saturated rings. The Bertz CT molecular complexity index is 730. The molecule has 0 N–H and O–H groups in total. The monoisotopic (exact) mass is 332 g/mol. The van der Waals surface area contributed by atoms with Crippen molar-refractivity contribution in [3.63, 3.8) is 0 Å². The number of likely N-dealkylation sites (tertiary alicyclic amines) is 1. The van der Waals surface area contributed by atoms with Gasteiger partial charge in [-0.15, -0.1) is 11.3 Å². The van der Waals surface area contributed by atoms with Crippen LogP contribution in [0.1, 0.15) is 34.1 Å². The third-order valence-corrected chi connectivity index (χ3v) is 4.98.